The highest BCUT2D eigenvalue weighted by Crippen LogP contribution is 2.36. The maximum absolute atomic E-state index is 12.6. The fourth-order valence-electron chi connectivity index (χ4n) is 2.92. The number of esters is 1. The van der Waals surface area contributed by atoms with E-state index < -0.39 is 11.5 Å². The molecule has 32 heavy (non-hydrogen) atoms. The van der Waals surface area contributed by atoms with Crippen LogP contribution in [-0.4, -0.2) is 34.2 Å². The zero-order valence-corrected chi connectivity index (χ0v) is 19.1. The van der Waals surface area contributed by atoms with Gasteiger partial charge in [-0.15, -0.1) is 11.3 Å². The summed E-state index contributed by atoms with van der Waals surface area (Å²) in [5.41, 5.74) is 1.66. The van der Waals surface area contributed by atoms with Crippen LogP contribution in [0.15, 0.2) is 45.7 Å². The molecule has 1 aromatic carbocycles. The predicted molar refractivity (Wildman–Crippen MR) is 124 cm³/mol. The van der Waals surface area contributed by atoms with E-state index in [9.17, 15) is 14.4 Å². The number of aryl methyl sites for hydroxylation is 1. The normalized spacial score (nSPS) is 10.4. The van der Waals surface area contributed by atoms with Crippen molar-refractivity contribution in [3.8, 4) is 17.2 Å². The predicted octanol–water partition coefficient (Wildman–Crippen LogP) is 3.84. The minimum absolute atomic E-state index is 0.0209. The van der Waals surface area contributed by atoms with Crippen molar-refractivity contribution in [2.24, 2.45) is 0 Å². The number of anilines is 1. The van der Waals surface area contributed by atoms with Crippen LogP contribution in [0.5, 0.6) is 0 Å². The van der Waals surface area contributed by atoms with Gasteiger partial charge in [0, 0.05) is 10.9 Å². The molecule has 0 saturated carbocycles. The molecule has 164 valence electrons. The number of H-pyrrole nitrogens is 1. The third-order valence-corrected chi connectivity index (χ3v) is 6.14. The second-order valence-corrected chi connectivity index (χ2v) is 8.28. The number of thiophene rings is 1. The average Bonchev–Trinajstić information content (AvgIpc) is 3.21. The Morgan fingerprint density at radius 1 is 1.28 bits per heavy atom. The van der Waals surface area contributed by atoms with Gasteiger partial charge in [-0.3, -0.25) is 9.59 Å². The number of carbonyl (C=O) groups excluding carboxylic acids is 2. The van der Waals surface area contributed by atoms with Gasteiger partial charge in [0.25, 0.3) is 5.56 Å². The van der Waals surface area contributed by atoms with Gasteiger partial charge in [0.2, 0.25) is 5.91 Å². The van der Waals surface area contributed by atoms with Gasteiger partial charge in [-0.2, -0.15) is 5.26 Å². The van der Waals surface area contributed by atoms with Gasteiger partial charge < -0.3 is 15.0 Å². The molecule has 3 rings (SSSR count). The summed E-state index contributed by atoms with van der Waals surface area (Å²) in [7, 11) is 0. The lowest BCUT2D eigenvalue weighted by Crippen LogP contribution is -2.19. The number of hydrogen-bond acceptors (Lipinski definition) is 8. The quantitative estimate of drug-likeness (QED) is 0.292. The number of nitrogens with zero attached hydrogens (tertiary/aromatic N) is 2. The first-order valence-electron chi connectivity index (χ1n) is 9.78. The van der Waals surface area contributed by atoms with Crippen molar-refractivity contribution in [3.63, 3.8) is 0 Å². The van der Waals surface area contributed by atoms with Crippen molar-refractivity contribution in [2.45, 2.75) is 25.4 Å². The highest BCUT2D eigenvalue weighted by molar-refractivity contribution is 7.99. The van der Waals surface area contributed by atoms with Gasteiger partial charge in [-0.1, -0.05) is 49.0 Å². The Morgan fingerprint density at radius 3 is 2.69 bits per heavy atom. The SMILES string of the molecule is CCOC(=O)c1c(-c2ccccc2)csc1NC(=O)CSc1nc(CC)c(C#N)c(=O)[nH]1. The highest BCUT2D eigenvalue weighted by Gasteiger charge is 2.23. The van der Waals surface area contributed by atoms with Crippen molar-refractivity contribution >= 4 is 40.0 Å². The second-order valence-electron chi connectivity index (χ2n) is 6.43. The number of benzene rings is 1. The van der Waals surface area contributed by atoms with Gasteiger partial charge in [0.1, 0.15) is 22.2 Å². The van der Waals surface area contributed by atoms with Crippen LogP contribution >= 0.6 is 23.1 Å². The largest absolute Gasteiger partial charge is 0.462 e. The molecule has 0 fully saturated rings. The average molecular weight is 469 g/mol. The van der Waals surface area contributed by atoms with Crippen LogP contribution in [-0.2, 0) is 16.0 Å². The second kappa shape index (κ2) is 10.7. The zero-order chi connectivity index (χ0) is 23.1. The maximum Gasteiger partial charge on any atom is 0.341 e. The number of carbonyl (C=O) groups is 2. The van der Waals surface area contributed by atoms with E-state index in [2.05, 4.69) is 15.3 Å². The van der Waals surface area contributed by atoms with Crippen LogP contribution in [0.25, 0.3) is 11.1 Å². The molecule has 0 aliphatic carbocycles. The smallest absolute Gasteiger partial charge is 0.341 e. The summed E-state index contributed by atoms with van der Waals surface area (Å²) in [5, 5.41) is 14.3. The van der Waals surface area contributed by atoms with E-state index in [1.807, 2.05) is 36.4 Å². The van der Waals surface area contributed by atoms with E-state index in [-0.39, 0.29) is 29.0 Å². The summed E-state index contributed by atoms with van der Waals surface area (Å²) in [6, 6.07) is 11.2. The van der Waals surface area contributed by atoms with E-state index in [4.69, 9.17) is 10.00 Å². The fourth-order valence-corrected chi connectivity index (χ4v) is 4.57. The summed E-state index contributed by atoms with van der Waals surface area (Å²) in [6.07, 6.45) is 0.424. The lowest BCUT2D eigenvalue weighted by molar-refractivity contribution is -0.113. The number of aromatic nitrogens is 2. The van der Waals surface area contributed by atoms with Crippen molar-refractivity contribution in [2.75, 3.05) is 17.7 Å². The first-order chi connectivity index (χ1) is 15.5. The molecule has 2 aromatic heterocycles. The summed E-state index contributed by atoms with van der Waals surface area (Å²) in [4.78, 5) is 44.0. The molecule has 0 aliphatic rings. The van der Waals surface area contributed by atoms with Crippen molar-refractivity contribution in [1.82, 2.24) is 9.97 Å². The Morgan fingerprint density at radius 2 is 2.03 bits per heavy atom. The summed E-state index contributed by atoms with van der Waals surface area (Å²) >= 11 is 2.28. The summed E-state index contributed by atoms with van der Waals surface area (Å²) in [5.74, 6) is -0.924. The zero-order valence-electron chi connectivity index (χ0n) is 17.4. The number of amides is 1. The molecule has 2 heterocycles. The number of nitrogens with one attached hydrogen (secondary N) is 2. The molecule has 0 spiro atoms. The molecule has 0 bridgehead atoms. The van der Waals surface area contributed by atoms with E-state index in [1.165, 1.54) is 11.3 Å². The lowest BCUT2D eigenvalue weighted by Gasteiger charge is -2.09. The molecule has 8 nitrogen and oxygen atoms in total. The molecule has 0 aliphatic heterocycles. The number of rotatable bonds is 8. The topological polar surface area (TPSA) is 125 Å². The van der Waals surface area contributed by atoms with Gasteiger partial charge in [-0.05, 0) is 18.9 Å². The first-order valence-corrected chi connectivity index (χ1v) is 11.6. The van der Waals surface area contributed by atoms with Crippen molar-refractivity contribution < 1.29 is 14.3 Å². The molecule has 1 amide bonds. The third-order valence-electron chi connectivity index (χ3n) is 4.37. The van der Waals surface area contributed by atoms with Crippen molar-refractivity contribution in [3.05, 3.63) is 62.9 Å². The Bertz CT molecular complexity index is 1230. The van der Waals surface area contributed by atoms with Crippen LogP contribution in [0.3, 0.4) is 0 Å². The van der Waals surface area contributed by atoms with Crippen LogP contribution in [0.2, 0.25) is 0 Å². The van der Waals surface area contributed by atoms with Gasteiger partial charge in [0.05, 0.1) is 18.1 Å². The van der Waals surface area contributed by atoms with Crippen LogP contribution in [0, 0.1) is 11.3 Å². The fraction of sp³-hybridized carbons (Fsp3) is 0.227. The van der Waals surface area contributed by atoms with Gasteiger partial charge >= 0.3 is 5.97 Å². The Balaban J connectivity index is 1.79. The number of ether oxygens (including phenoxy) is 1. The molecular weight excluding hydrogens is 448 g/mol. The first kappa shape index (κ1) is 23.2. The Hall–Kier alpha value is -3.42. The summed E-state index contributed by atoms with van der Waals surface area (Å²) in [6.45, 7) is 3.72. The summed E-state index contributed by atoms with van der Waals surface area (Å²) < 4.78 is 5.20. The van der Waals surface area contributed by atoms with E-state index in [1.54, 1.807) is 19.2 Å². The molecule has 0 atom stereocenters. The van der Waals surface area contributed by atoms with Gasteiger partial charge in [0.15, 0.2) is 5.16 Å². The Labute approximate surface area is 192 Å². The number of hydrogen-bond donors (Lipinski definition) is 2. The maximum atomic E-state index is 12.6. The standard InChI is InChI=1S/C22H20N4O4S2/c1-3-16-14(10-23)19(28)26-22(24-16)32-12-17(27)25-20-18(21(29)30-4-2)15(11-31-20)13-8-6-5-7-9-13/h5-9,11H,3-4,12H2,1-2H3,(H,25,27)(H,24,26,28). The molecule has 2 N–H and O–H groups in total. The highest BCUT2D eigenvalue weighted by atomic mass is 32.2. The van der Waals surface area contributed by atoms with Crippen LogP contribution < -0.4 is 10.9 Å². The Kier molecular flexibility index (Phi) is 7.81. The van der Waals surface area contributed by atoms with Crippen LogP contribution in [0.4, 0.5) is 5.00 Å². The van der Waals surface area contributed by atoms with E-state index in [0.717, 1.165) is 17.3 Å². The molecule has 0 radical (unpaired) electrons. The lowest BCUT2D eigenvalue weighted by atomic mass is 10.0. The number of aromatic amines is 1. The third kappa shape index (κ3) is 5.25. The van der Waals surface area contributed by atoms with E-state index >= 15 is 0 Å². The monoisotopic (exact) mass is 468 g/mol. The minimum Gasteiger partial charge on any atom is -0.462 e. The number of nitriles is 1. The van der Waals surface area contributed by atoms with Crippen molar-refractivity contribution in [1.29, 1.82) is 5.26 Å². The van der Waals surface area contributed by atoms with Gasteiger partial charge in [-0.25, -0.2) is 9.78 Å². The molecule has 0 saturated heterocycles. The molecule has 10 heteroatoms. The molecular formula is C22H20N4O4S2. The molecule has 0 unspecified atom stereocenters. The molecule has 3 aromatic rings. The van der Waals surface area contributed by atoms with Crippen LogP contribution in [0.1, 0.15) is 35.5 Å². The number of thioether (sulfide) groups is 1. The van der Waals surface area contributed by atoms with E-state index in [0.29, 0.717) is 28.2 Å². The minimum atomic E-state index is -0.530.